The number of rotatable bonds is 3. The average molecular weight is 230 g/mol. The van der Waals surface area contributed by atoms with Crippen LogP contribution in [0.25, 0.3) is 11.0 Å². The number of imidazole rings is 1. The number of fused-ring (bicyclic) bond motifs is 1. The van der Waals surface area contributed by atoms with Crippen molar-refractivity contribution in [3.05, 3.63) is 24.3 Å². The molecule has 0 unspecified atom stereocenters. The maximum atomic E-state index is 4.60. The molecule has 1 fully saturated rings. The van der Waals surface area contributed by atoms with Crippen LogP contribution >= 0.6 is 0 Å². The summed E-state index contributed by atoms with van der Waals surface area (Å²) in [6.45, 7) is 2.17. The van der Waals surface area contributed by atoms with Crippen LogP contribution in [0, 0.1) is 0 Å². The second-order valence-electron chi connectivity index (χ2n) is 4.75. The third-order valence-electron chi connectivity index (χ3n) is 3.40. The van der Waals surface area contributed by atoms with Gasteiger partial charge in [-0.1, -0.05) is 12.1 Å². The number of aromatic nitrogens is 2. The highest BCUT2D eigenvalue weighted by Crippen LogP contribution is 2.17. The standard InChI is InChI=1S/C13H18N4/c1-17(9-10-5-4-8-14-10)13-15-11-6-2-3-7-12(11)16-13/h2-3,6-7,10,14H,4-5,8-9H2,1H3,(H,15,16)/t10-/m1/s1. The Morgan fingerprint density at radius 2 is 2.29 bits per heavy atom. The summed E-state index contributed by atoms with van der Waals surface area (Å²) in [6, 6.07) is 8.76. The number of para-hydroxylation sites is 2. The average Bonchev–Trinajstić information content (AvgIpc) is 2.96. The number of hydrogen-bond acceptors (Lipinski definition) is 3. The Morgan fingerprint density at radius 3 is 3.06 bits per heavy atom. The molecule has 3 rings (SSSR count). The van der Waals surface area contributed by atoms with Crippen molar-refractivity contribution >= 4 is 17.0 Å². The van der Waals surface area contributed by atoms with Gasteiger partial charge in [0.1, 0.15) is 0 Å². The molecule has 0 amide bonds. The molecule has 0 radical (unpaired) electrons. The van der Waals surface area contributed by atoms with E-state index in [4.69, 9.17) is 0 Å². The summed E-state index contributed by atoms with van der Waals surface area (Å²) in [4.78, 5) is 10.2. The van der Waals surface area contributed by atoms with E-state index in [9.17, 15) is 0 Å². The molecule has 0 spiro atoms. The minimum Gasteiger partial charge on any atom is -0.344 e. The highest BCUT2D eigenvalue weighted by Gasteiger charge is 2.17. The Kier molecular flexibility index (Phi) is 2.73. The topological polar surface area (TPSA) is 44.0 Å². The number of hydrogen-bond donors (Lipinski definition) is 2. The Hall–Kier alpha value is -1.55. The number of H-pyrrole nitrogens is 1. The lowest BCUT2D eigenvalue weighted by Gasteiger charge is -2.20. The molecule has 4 nitrogen and oxygen atoms in total. The summed E-state index contributed by atoms with van der Waals surface area (Å²) < 4.78 is 0. The highest BCUT2D eigenvalue weighted by atomic mass is 15.3. The third kappa shape index (κ3) is 2.13. The highest BCUT2D eigenvalue weighted by molar-refractivity contribution is 5.77. The van der Waals surface area contributed by atoms with Crippen molar-refractivity contribution in [3.63, 3.8) is 0 Å². The molecule has 1 saturated heterocycles. The number of anilines is 1. The number of nitrogens with one attached hydrogen (secondary N) is 2. The molecular formula is C13H18N4. The van der Waals surface area contributed by atoms with E-state index in [2.05, 4.69) is 33.3 Å². The second kappa shape index (κ2) is 4.37. The van der Waals surface area contributed by atoms with Crippen molar-refractivity contribution in [2.45, 2.75) is 18.9 Å². The Bertz CT molecular complexity index is 466. The van der Waals surface area contributed by atoms with Gasteiger partial charge in [0.05, 0.1) is 11.0 Å². The van der Waals surface area contributed by atoms with Crippen molar-refractivity contribution < 1.29 is 0 Å². The summed E-state index contributed by atoms with van der Waals surface area (Å²) in [5.41, 5.74) is 2.14. The zero-order valence-corrected chi connectivity index (χ0v) is 10.1. The van der Waals surface area contributed by atoms with Gasteiger partial charge in [0, 0.05) is 19.6 Å². The van der Waals surface area contributed by atoms with Gasteiger partial charge in [0.2, 0.25) is 5.95 Å². The van der Waals surface area contributed by atoms with Gasteiger partial charge in [-0.15, -0.1) is 0 Å². The summed E-state index contributed by atoms with van der Waals surface area (Å²) in [5, 5.41) is 3.51. The molecule has 2 aromatic rings. The van der Waals surface area contributed by atoms with Gasteiger partial charge in [-0.2, -0.15) is 0 Å². The van der Waals surface area contributed by atoms with Gasteiger partial charge in [0.15, 0.2) is 0 Å². The van der Waals surface area contributed by atoms with Gasteiger partial charge in [-0.3, -0.25) is 0 Å². The van der Waals surface area contributed by atoms with Gasteiger partial charge < -0.3 is 15.2 Å². The van der Waals surface area contributed by atoms with Crippen LogP contribution in [0.1, 0.15) is 12.8 Å². The van der Waals surface area contributed by atoms with E-state index < -0.39 is 0 Å². The molecule has 1 aliphatic heterocycles. The second-order valence-corrected chi connectivity index (χ2v) is 4.75. The van der Waals surface area contributed by atoms with Gasteiger partial charge >= 0.3 is 0 Å². The summed E-state index contributed by atoms with van der Waals surface area (Å²) >= 11 is 0. The fourth-order valence-corrected chi connectivity index (χ4v) is 2.45. The SMILES string of the molecule is CN(C[C@H]1CCCN1)c1nc2ccccc2[nH]1. The van der Waals surface area contributed by atoms with Crippen LogP contribution in [-0.2, 0) is 0 Å². The smallest absolute Gasteiger partial charge is 0.203 e. The predicted octanol–water partition coefficient (Wildman–Crippen LogP) is 1.75. The first-order valence-corrected chi connectivity index (χ1v) is 6.22. The molecule has 0 bridgehead atoms. The van der Waals surface area contributed by atoms with Crippen LogP contribution in [0.2, 0.25) is 0 Å². The summed E-state index contributed by atoms with van der Waals surface area (Å²) in [5.74, 6) is 0.958. The minimum absolute atomic E-state index is 0.605. The quantitative estimate of drug-likeness (QED) is 0.844. The van der Waals surface area contributed by atoms with Crippen molar-refractivity contribution in [1.82, 2.24) is 15.3 Å². The van der Waals surface area contributed by atoms with E-state index in [1.165, 1.54) is 12.8 Å². The van der Waals surface area contributed by atoms with Crippen molar-refractivity contribution in [2.75, 3.05) is 25.0 Å². The number of aromatic amines is 1. The number of nitrogens with zero attached hydrogens (tertiary/aromatic N) is 2. The molecule has 1 aliphatic rings. The fraction of sp³-hybridized carbons (Fsp3) is 0.462. The number of likely N-dealkylation sites (N-methyl/N-ethyl adjacent to an activating group) is 1. The van der Waals surface area contributed by atoms with E-state index >= 15 is 0 Å². The molecule has 1 atom stereocenters. The van der Waals surface area contributed by atoms with Gasteiger partial charge in [-0.25, -0.2) is 4.98 Å². The molecular weight excluding hydrogens is 212 g/mol. The molecule has 1 aromatic carbocycles. The Balaban J connectivity index is 1.77. The van der Waals surface area contributed by atoms with Gasteiger partial charge in [-0.05, 0) is 31.5 Å². The molecule has 4 heteroatoms. The maximum Gasteiger partial charge on any atom is 0.203 e. The monoisotopic (exact) mass is 230 g/mol. The molecule has 0 aliphatic carbocycles. The minimum atomic E-state index is 0.605. The van der Waals surface area contributed by atoms with E-state index in [-0.39, 0.29) is 0 Å². The van der Waals surface area contributed by atoms with E-state index in [0.717, 1.165) is 30.1 Å². The van der Waals surface area contributed by atoms with Crippen molar-refractivity contribution in [2.24, 2.45) is 0 Å². The first kappa shape index (κ1) is 10.6. The normalized spacial score (nSPS) is 19.9. The zero-order valence-electron chi connectivity index (χ0n) is 10.1. The number of benzene rings is 1. The maximum absolute atomic E-state index is 4.60. The van der Waals surface area contributed by atoms with Crippen LogP contribution in [0.3, 0.4) is 0 Å². The zero-order chi connectivity index (χ0) is 11.7. The van der Waals surface area contributed by atoms with Crippen LogP contribution < -0.4 is 10.2 Å². The fourth-order valence-electron chi connectivity index (χ4n) is 2.45. The molecule has 17 heavy (non-hydrogen) atoms. The molecule has 2 N–H and O–H groups in total. The third-order valence-corrected chi connectivity index (χ3v) is 3.40. The van der Waals surface area contributed by atoms with E-state index in [0.29, 0.717) is 6.04 Å². The van der Waals surface area contributed by atoms with Gasteiger partial charge in [0.25, 0.3) is 0 Å². The lowest BCUT2D eigenvalue weighted by atomic mass is 10.2. The van der Waals surface area contributed by atoms with Crippen LogP contribution in [-0.4, -0.2) is 36.1 Å². The van der Waals surface area contributed by atoms with E-state index in [1.54, 1.807) is 0 Å². The Labute approximate surface area is 101 Å². The molecule has 2 heterocycles. The van der Waals surface area contributed by atoms with Crippen LogP contribution in [0.5, 0.6) is 0 Å². The van der Waals surface area contributed by atoms with Crippen molar-refractivity contribution in [3.8, 4) is 0 Å². The largest absolute Gasteiger partial charge is 0.344 e. The van der Waals surface area contributed by atoms with Crippen LogP contribution in [0.4, 0.5) is 5.95 Å². The predicted molar refractivity (Wildman–Crippen MR) is 70.4 cm³/mol. The summed E-state index contributed by atoms with van der Waals surface area (Å²) in [6.07, 6.45) is 2.56. The Morgan fingerprint density at radius 1 is 1.41 bits per heavy atom. The van der Waals surface area contributed by atoms with E-state index in [1.807, 2.05) is 18.2 Å². The first-order valence-electron chi connectivity index (χ1n) is 6.22. The van der Waals surface area contributed by atoms with Crippen LogP contribution in [0.15, 0.2) is 24.3 Å². The van der Waals surface area contributed by atoms with Crippen molar-refractivity contribution in [1.29, 1.82) is 0 Å². The first-order chi connectivity index (χ1) is 8.33. The molecule has 90 valence electrons. The molecule has 0 saturated carbocycles. The molecule has 1 aromatic heterocycles. The lowest BCUT2D eigenvalue weighted by Crippen LogP contribution is -2.35. The summed E-state index contributed by atoms with van der Waals surface area (Å²) in [7, 11) is 2.09. The lowest BCUT2D eigenvalue weighted by molar-refractivity contribution is 0.595.